The number of nitrogens with one attached hydrogen (secondary N) is 3. The summed E-state index contributed by atoms with van der Waals surface area (Å²) in [6, 6.07) is 16.4. The van der Waals surface area contributed by atoms with E-state index >= 15 is 0 Å². The number of tetrazole rings is 1. The predicted octanol–water partition coefficient (Wildman–Crippen LogP) is 2.06. The van der Waals surface area contributed by atoms with Crippen LogP contribution in [0.4, 0.5) is 4.79 Å². The van der Waals surface area contributed by atoms with Gasteiger partial charge in [-0.2, -0.15) is 4.80 Å². The highest BCUT2D eigenvalue weighted by molar-refractivity contribution is 5.95. The molecule has 2 aromatic carbocycles. The number of alkyl carbamates (subject to hydrolysis) is 1. The van der Waals surface area contributed by atoms with Crippen LogP contribution >= 0.6 is 0 Å². The number of aromatic nitrogens is 4. The van der Waals surface area contributed by atoms with Crippen molar-refractivity contribution in [1.29, 1.82) is 0 Å². The summed E-state index contributed by atoms with van der Waals surface area (Å²) in [5, 5.41) is 15.0. The molecular weight excluding hydrogens is 438 g/mol. The molecule has 3 rings (SSSR count). The zero-order chi connectivity index (χ0) is 24.6. The Kier molecular flexibility index (Phi) is 7.91. The lowest BCUT2D eigenvalue weighted by Gasteiger charge is -2.19. The number of carbonyl (C=O) groups excluding carboxylic acids is 3. The number of nitrogens with zero attached hydrogens (tertiary/aromatic N) is 4. The SMILES string of the molecule is CC(C)(C)OC(=O)NCCC(=O)NNC(=O)c1ccc(Cn2nnc(-c3ccccc3)n2)cc1. The first-order chi connectivity index (χ1) is 16.2. The molecule has 178 valence electrons. The van der Waals surface area contributed by atoms with Crippen LogP contribution in [0.5, 0.6) is 0 Å². The van der Waals surface area contributed by atoms with Gasteiger partial charge in [0, 0.05) is 24.1 Å². The maximum Gasteiger partial charge on any atom is 0.407 e. The van der Waals surface area contributed by atoms with Gasteiger partial charge in [-0.3, -0.25) is 20.4 Å². The second-order valence-corrected chi connectivity index (χ2v) is 8.39. The Labute approximate surface area is 196 Å². The molecule has 1 heterocycles. The summed E-state index contributed by atoms with van der Waals surface area (Å²) in [5.41, 5.74) is 6.16. The van der Waals surface area contributed by atoms with Crippen molar-refractivity contribution in [2.45, 2.75) is 39.3 Å². The number of ether oxygens (including phenoxy) is 1. The van der Waals surface area contributed by atoms with Gasteiger partial charge in [-0.25, -0.2) is 4.79 Å². The van der Waals surface area contributed by atoms with Crippen molar-refractivity contribution >= 4 is 17.9 Å². The minimum atomic E-state index is -0.618. The molecule has 0 bridgehead atoms. The van der Waals surface area contributed by atoms with Crippen LogP contribution in [0.15, 0.2) is 54.6 Å². The average molecular weight is 466 g/mol. The summed E-state index contributed by atoms with van der Waals surface area (Å²) in [6.45, 7) is 5.70. The Hall–Kier alpha value is -4.28. The minimum absolute atomic E-state index is 0.0195. The standard InChI is InChI=1S/C23H27N7O4/c1-23(2,3)34-22(33)24-14-13-19(31)25-27-21(32)18-11-9-16(10-12-18)15-30-28-20(26-29-30)17-7-5-4-6-8-17/h4-12H,13-15H2,1-3H3,(H,24,33)(H,25,31)(H,27,32). The van der Waals surface area contributed by atoms with Gasteiger partial charge in [-0.05, 0) is 43.7 Å². The first kappa shape index (κ1) is 24.4. The monoisotopic (exact) mass is 465 g/mol. The third kappa shape index (κ3) is 7.69. The molecule has 0 spiro atoms. The Morgan fingerprint density at radius 2 is 1.68 bits per heavy atom. The van der Waals surface area contributed by atoms with Crippen LogP contribution in [0.1, 0.15) is 43.1 Å². The minimum Gasteiger partial charge on any atom is -0.444 e. The molecule has 11 heteroatoms. The molecule has 34 heavy (non-hydrogen) atoms. The highest BCUT2D eigenvalue weighted by Gasteiger charge is 2.16. The number of hydrogen-bond acceptors (Lipinski definition) is 7. The molecule has 1 aromatic heterocycles. The fraction of sp³-hybridized carbons (Fsp3) is 0.304. The number of benzene rings is 2. The molecule has 0 saturated heterocycles. The molecule has 3 amide bonds. The topological polar surface area (TPSA) is 140 Å². The molecule has 3 N–H and O–H groups in total. The number of hydrogen-bond donors (Lipinski definition) is 3. The van der Waals surface area contributed by atoms with Gasteiger partial charge in [0.1, 0.15) is 5.60 Å². The molecule has 0 fully saturated rings. The molecule has 11 nitrogen and oxygen atoms in total. The predicted molar refractivity (Wildman–Crippen MR) is 123 cm³/mol. The Morgan fingerprint density at radius 3 is 2.35 bits per heavy atom. The van der Waals surface area contributed by atoms with Gasteiger partial charge in [0.25, 0.3) is 5.91 Å². The normalized spacial score (nSPS) is 10.9. The van der Waals surface area contributed by atoms with Crippen LogP contribution in [-0.4, -0.2) is 50.3 Å². The molecule has 0 aliphatic rings. The highest BCUT2D eigenvalue weighted by atomic mass is 16.6. The van der Waals surface area contributed by atoms with Gasteiger partial charge in [-0.15, -0.1) is 10.2 Å². The van der Waals surface area contributed by atoms with Gasteiger partial charge in [-0.1, -0.05) is 42.5 Å². The fourth-order valence-corrected chi connectivity index (χ4v) is 2.79. The molecule has 0 aliphatic heterocycles. The molecule has 3 aromatic rings. The van der Waals surface area contributed by atoms with Crippen LogP contribution in [0, 0.1) is 0 Å². The third-order valence-corrected chi connectivity index (χ3v) is 4.36. The second-order valence-electron chi connectivity index (χ2n) is 8.39. The summed E-state index contributed by atoms with van der Waals surface area (Å²) in [7, 11) is 0. The smallest absolute Gasteiger partial charge is 0.407 e. The van der Waals surface area contributed by atoms with E-state index in [2.05, 4.69) is 31.6 Å². The van der Waals surface area contributed by atoms with E-state index in [4.69, 9.17) is 4.74 Å². The Bertz CT molecular complexity index is 1120. The lowest BCUT2D eigenvalue weighted by molar-refractivity contribution is -0.121. The molecule has 0 radical (unpaired) electrons. The van der Waals surface area contributed by atoms with E-state index in [1.807, 2.05) is 30.3 Å². The van der Waals surface area contributed by atoms with Crippen LogP contribution in [-0.2, 0) is 16.1 Å². The first-order valence-corrected chi connectivity index (χ1v) is 10.7. The largest absolute Gasteiger partial charge is 0.444 e. The van der Waals surface area contributed by atoms with Crippen molar-refractivity contribution < 1.29 is 19.1 Å². The zero-order valence-corrected chi connectivity index (χ0v) is 19.2. The van der Waals surface area contributed by atoms with Gasteiger partial charge < -0.3 is 10.1 Å². The van der Waals surface area contributed by atoms with E-state index in [1.165, 1.54) is 4.80 Å². The van der Waals surface area contributed by atoms with Crippen molar-refractivity contribution in [1.82, 2.24) is 36.4 Å². The van der Waals surface area contributed by atoms with E-state index < -0.39 is 23.5 Å². The highest BCUT2D eigenvalue weighted by Crippen LogP contribution is 2.12. The molecular formula is C23H27N7O4. The van der Waals surface area contributed by atoms with Gasteiger partial charge in [0.2, 0.25) is 11.7 Å². The summed E-state index contributed by atoms with van der Waals surface area (Å²) in [6.07, 6.45) is -0.629. The lowest BCUT2D eigenvalue weighted by Crippen LogP contribution is -2.43. The summed E-state index contributed by atoms with van der Waals surface area (Å²) in [4.78, 5) is 37.2. The summed E-state index contributed by atoms with van der Waals surface area (Å²) >= 11 is 0. The molecule has 0 unspecified atom stereocenters. The van der Waals surface area contributed by atoms with Crippen molar-refractivity contribution in [3.05, 3.63) is 65.7 Å². The second kappa shape index (κ2) is 11.0. The van der Waals surface area contributed by atoms with Gasteiger partial charge in [0.05, 0.1) is 6.54 Å². The molecule has 0 atom stereocenters. The maximum atomic E-state index is 12.3. The van der Waals surface area contributed by atoms with Gasteiger partial charge in [0.15, 0.2) is 0 Å². The number of carbonyl (C=O) groups is 3. The Balaban J connectivity index is 1.42. The van der Waals surface area contributed by atoms with E-state index in [0.717, 1.165) is 11.1 Å². The van der Waals surface area contributed by atoms with E-state index in [1.54, 1.807) is 45.0 Å². The van der Waals surface area contributed by atoms with Crippen LogP contribution in [0.3, 0.4) is 0 Å². The molecule has 0 aliphatic carbocycles. The van der Waals surface area contributed by atoms with Crippen LogP contribution in [0.25, 0.3) is 11.4 Å². The van der Waals surface area contributed by atoms with Crippen molar-refractivity contribution in [3.8, 4) is 11.4 Å². The average Bonchev–Trinajstić information content (AvgIpc) is 3.26. The summed E-state index contributed by atoms with van der Waals surface area (Å²) < 4.78 is 5.08. The number of rotatable bonds is 7. The van der Waals surface area contributed by atoms with Gasteiger partial charge >= 0.3 is 6.09 Å². The van der Waals surface area contributed by atoms with E-state index in [0.29, 0.717) is 17.9 Å². The summed E-state index contributed by atoms with van der Waals surface area (Å²) in [5.74, 6) is -0.383. The zero-order valence-electron chi connectivity index (χ0n) is 19.2. The van der Waals surface area contributed by atoms with E-state index in [-0.39, 0.29) is 13.0 Å². The van der Waals surface area contributed by atoms with Crippen LogP contribution in [0.2, 0.25) is 0 Å². The van der Waals surface area contributed by atoms with Crippen molar-refractivity contribution in [2.75, 3.05) is 6.54 Å². The lowest BCUT2D eigenvalue weighted by atomic mass is 10.1. The first-order valence-electron chi connectivity index (χ1n) is 10.7. The van der Waals surface area contributed by atoms with Crippen molar-refractivity contribution in [2.24, 2.45) is 0 Å². The molecule has 0 saturated carbocycles. The van der Waals surface area contributed by atoms with Crippen LogP contribution < -0.4 is 16.2 Å². The third-order valence-electron chi connectivity index (χ3n) is 4.36. The number of amides is 3. The maximum absolute atomic E-state index is 12.3. The quantitative estimate of drug-likeness (QED) is 0.454. The van der Waals surface area contributed by atoms with E-state index in [9.17, 15) is 14.4 Å². The Morgan fingerprint density at radius 1 is 0.971 bits per heavy atom. The van der Waals surface area contributed by atoms with Crippen molar-refractivity contribution in [3.63, 3.8) is 0 Å². The number of hydrazine groups is 1. The fourth-order valence-electron chi connectivity index (χ4n) is 2.79.